The van der Waals surface area contributed by atoms with E-state index >= 15 is 0 Å². The van der Waals surface area contributed by atoms with Crippen LogP contribution in [0.5, 0.6) is 5.75 Å². The Labute approximate surface area is 158 Å². The topological polar surface area (TPSA) is 42.0 Å². The van der Waals surface area contributed by atoms with Crippen LogP contribution in [-0.4, -0.2) is 56.3 Å². The van der Waals surface area contributed by atoms with Crippen molar-refractivity contribution in [2.24, 2.45) is 11.3 Å². The van der Waals surface area contributed by atoms with Crippen molar-refractivity contribution < 1.29 is 14.3 Å². The quantitative estimate of drug-likeness (QED) is 0.736. The number of amides is 2. The van der Waals surface area contributed by atoms with Gasteiger partial charge in [0.15, 0.2) is 0 Å². The van der Waals surface area contributed by atoms with Gasteiger partial charge in [0.1, 0.15) is 5.75 Å². The molecule has 0 aliphatic carbocycles. The summed E-state index contributed by atoms with van der Waals surface area (Å²) in [6.07, 6.45) is 2.26. The maximum absolute atomic E-state index is 13.1. The number of rotatable bonds is 7. The Hall–Kier alpha value is -1.75. The van der Waals surface area contributed by atoms with Crippen molar-refractivity contribution >= 4 is 6.03 Å². The summed E-state index contributed by atoms with van der Waals surface area (Å²) in [6.45, 7) is 10.3. The molecule has 1 aromatic carbocycles. The second-order valence-electron chi connectivity index (χ2n) is 8.41. The van der Waals surface area contributed by atoms with E-state index in [9.17, 15) is 4.79 Å². The molecule has 1 heterocycles. The lowest BCUT2D eigenvalue weighted by Gasteiger charge is -2.29. The number of ether oxygens (including phenoxy) is 2. The Kier molecular flexibility index (Phi) is 7.33. The number of hydrogen-bond donors (Lipinski definition) is 0. The van der Waals surface area contributed by atoms with E-state index in [0.29, 0.717) is 31.0 Å². The standard InChI is InChI=1S/C21H34N2O3/c1-21(2,3)14-18-10-11-22(16-18)20(24)23(12-13-25-4)15-17-6-8-19(26-5)9-7-17/h6-9,18H,10-16H2,1-5H3. The van der Waals surface area contributed by atoms with Crippen LogP contribution in [0.25, 0.3) is 0 Å². The fourth-order valence-corrected chi connectivity index (χ4v) is 3.63. The van der Waals surface area contributed by atoms with Crippen LogP contribution in [0, 0.1) is 11.3 Å². The summed E-state index contributed by atoms with van der Waals surface area (Å²) in [6, 6.07) is 8.01. The van der Waals surface area contributed by atoms with Gasteiger partial charge >= 0.3 is 6.03 Å². The molecule has 1 aliphatic rings. The fraction of sp³-hybridized carbons (Fsp3) is 0.667. The monoisotopic (exact) mass is 362 g/mol. The molecule has 0 saturated carbocycles. The van der Waals surface area contributed by atoms with Crippen LogP contribution < -0.4 is 4.74 Å². The predicted octanol–water partition coefficient (Wildman–Crippen LogP) is 4.02. The molecular formula is C21H34N2O3. The zero-order valence-corrected chi connectivity index (χ0v) is 17.0. The van der Waals surface area contributed by atoms with Gasteiger partial charge in [0.2, 0.25) is 0 Å². The predicted molar refractivity (Wildman–Crippen MR) is 104 cm³/mol. The van der Waals surface area contributed by atoms with Crippen molar-refractivity contribution in [3.05, 3.63) is 29.8 Å². The van der Waals surface area contributed by atoms with Crippen molar-refractivity contribution in [2.45, 2.75) is 40.2 Å². The smallest absolute Gasteiger partial charge is 0.320 e. The molecule has 0 spiro atoms. The minimum Gasteiger partial charge on any atom is -0.497 e. The molecule has 0 N–H and O–H groups in total. The van der Waals surface area contributed by atoms with Crippen molar-refractivity contribution in [2.75, 3.05) is 40.5 Å². The number of nitrogens with zero attached hydrogens (tertiary/aromatic N) is 2. The highest BCUT2D eigenvalue weighted by Gasteiger charge is 2.31. The summed E-state index contributed by atoms with van der Waals surface area (Å²) < 4.78 is 10.4. The van der Waals surface area contributed by atoms with Gasteiger partial charge in [0.05, 0.1) is 13.7 Å². The average molecular weight is 363 g/mol. The summed E-state index contributed by atoms with van der Waals surface area (Å²) in [5, 5.41) is 0. The van der Waals surface area contributed by atoms with E-state index in [0.717, 1.165) is 37.2 Å². The molecule has 1 aromatic rings. The van der Waals surface area contributed by atoms with Crippen LogP contribution in [0.2, 0.25) is 0 Å². The Morgan fingerprint density at radius 2 is 1.92 bits per heavy atom. The summed E-state index contributed by atoms with van der Waals surface area (Å²) in [7, 11) is 3.33. The number of carbonyl (C=O) groups excluding carboxylic acids is 1. The molecule has 2 amide bonds. The molecule has 1 atom stereocenters. The minimum atomic E-state index is 0.120. The highest BCUT2D eigenvalue weighted by molar-refractivity contribution is 5.74. The normalized spacial score (nSPS) is 17.4. The van der Waals surface area contributed by atoms with Gasteiger partial charge in [-0.3, -0.25) is 0 Å². The lowest BCUT2D eigenvalue weighted by atomic mass is 9.84. The maximum atomic E-state index is 13.1. The van der Waals surface area contributed by atoms with Crippen LogP contribution in [0.3, 0.4) is 0 Å². The number of carbonyl (C=O) groups is 1. The number of benzene rings is 1. The number of urea groups is 1. The van der Waals surface area contributed by atoms with Gasteiger partial charge < -0.3 is 19.3 Å². The maximum Gasteiger partial charge on any atom is 0.320 e. The van der Waals surface area contributed by atoms with Crippen molar-refractivity contribution in [1.29, 1.82) is 0 Å². The molecule has 5 heteroatoms. The first-order valence-corrected chi connectivity index (χ1v) is 9.48. The average Bonchev–Trinajstić information content (AvgIpc) is 3.05. The number of hydrogen-bond acceptors (Lipinski definition) is 3. The van der Waals surface area contributed by atoms with Crippen molar-refractivity contribution in [1.82, 2.24) is 9.80 Å². The Bertz CT molecular complexity index is 566. The molecule has 1 saturated heterocycles. The number of likely N-dealkylation sites (tertiary alicyclic amines) is 1. The lowest BCUT2D eigenvalue weighted by Crippen LogP contribution is -2.43. The van der Waals surface area contributed by atoms with Gasteiger partial charge in [0.25, 0.3) is 0 Å². The summed E-state index contributed by atoms with van der Waals surface area (Å²) >= 11 is 0. The first-order chi connectivity index (χ1) is 12.3. The molecule has 26 heavy (non-hydrogen) atoms. The van der Waals surface area contributed by atoms with E-state index in [2.05, 4.69) is 20.8 Å². The Morgan fingerprint density at radius 1 is 1.23 bits per heavy atom. The molecule has 146 valence electrons. The zero-order chi connectivity index (χ0) is 19.2. The van der Waals surface area contributed by atoms with E-state index in [1.54, 1.807) is 14.2 Å². The second kappa shape index (κ2) is 9.26. The molecule has 1 aliphatic heterocycles. The van der Waals surface area contributed by atoms with Gasteiger partial charge in [-0.25, -0.2) is 4.79 Å². The van der Waals surface area contributed by atoms with E-state index < -0.39 is 0 Å². The lowest BCUT2D eigenvalue weighted by molar-refractivity contribution is 0.126. The zero-order valence-electron chi connectivity index (χ0n) is 17.0. The molecule has 0 radical (unpaired) electrons. The minimum absolute atomic E-state index is 0.120. The molecule has 0 aromatic heterocycles. The van der Waals surface area contributed by atoms with Gasteiger partial charge in [-0.05, 0) is 41.9 Å². The first kappa shape index (κ1) is 20.6. The van der Waals surface area contributed by atoms with Crippen LogP contribution >= 0.6 is 0 Å². The SMILES string of the molecule is COCCN(Cc1ccc(OC)cc1)C(=O)N1CCC(CC(C)(C)C)C1. The third-order valence-corrected chi connectivity index (χ3v) is 4.83. The molecule has 1 unspecified atom stereocenters. The molecule has 5 nitrogen and oxygen atoms in total. The third-order valence-electron chi connectivity index (χ3n) is 4.83. The van der Waals surface area contributed by atoms with Crippen molar-refractivity contribution in [3.63, 3.8) is 0 Å². The molecule has 1 fully saturated rings. The van der Waals surface area contributed by atoms with E-state index in [4.69, 9.17) is 9.47 Å². The fourth-order valence-electron chi connectivity index (χ4n) is 3.63. The van der Waals surface area contributed by atoms with Gasteiger partial charge in [-0.15, -0.1) is 0 Å². The first-order valence-electron chi connectivity index (χ1n) is 9.48. The number of methoxy groups -OCH3 is 2. The van der Waals surface area contributed by atoms with Crippen molar-refractivity contribution in [3.8, 4) is 5.75 Å². The van der Waals surface area contributed by atoms with Gasteiger partial charge in [-0.2, -0.15) is 0 Å². The van der Waals surface area contributed by atoms with E-state index in [-0.39, 0.29) is 6.03 Å². The van der Waals surface area contributed by atoms with Gasteiger partial charge in [-0.1, -0.05) is 32.9 Å². The van der Waals surface area contributed by atoms with Crippen LogP contribution in [0.15, 0.2) is 24.3 Å². The Balaban J connectivity index is 1.99. The Morgan fingerprint density at radius 3 is 2.50 bits per heavy atom. The van der Waals surface area contributed by atoms with Gasteiger partial charge in [0, 0.05) is 33.3 Å². The molecular weight excluding hydrogens is 328 g/mol. The second-order valence-corrected chi connectivity index (χ2v) is 8.41. The summed E-state index contributed by atoms with van der Waals surface area (Å²) in [5.74, 6) is 1.43. The highest BCUT2D eigenvalue weighted by Crippen LogP contribution is 2.30. The third kappa shape index (κ3) is 6.20. The largest absolute Gasteiger partial charge is 0.497 e. The van der Waals surface area contributed by atoms with Crippen LogP contribution in [-0.2, 0) is 11.3 Å². The van der Waals surface area contributed by atoms with Crippen LogP contribution in [0.1, 0.15) is 39.2 Å². The summed E-state index contributed by atoms with van der Waals surface area (Å²) in [5.41, 5.74) is 1.41. The van der Waals surface area contributed by atoms with Crippen LogP contribution in [0.4, 0.5) is 4.79 Å². The van der Waals surface area contributed by atoms with E-state index in [1.807, 2.05) is 34.1 Å². The molecule has 0 bridgehead atoms. The molecule has 2 rings (SSSR count). The summed E-state index contributed by atoms with van der Waals surface area (Å²) in [4.78, 5) is 17.0. The highest BCUT2D eigenvalue weighted by atomic mass is 16.5. The van der Waals surface area contributed by atoms with E-state index in [1.165, 1.54) is 0 Å².